The smallest absolute Gasteiger partial charge is 0.338 e. The van der Waals surface area contributed by atoms with Crippen molar-refractivity contribution in [1.82, 2.24) is 9.80 Å². The molecule has 0 spiro atoms. The predicted octanol–water partition coefficient (Wildman–Crippen LogP) is 2.31. The van der Waals surface area contributed by atoms with Gasteiger partial charge in [-0.1, -0.05) is 30.3 Å². The molecule has 2 aliphatic heterocycles. The number of carbonyl (C=O) groups excluding carboxylic acids is 3. The molecule has 2 saturated heterocycles. The normalized spacial score (nSPS) is 20.3. The Morgan fingerprint density at radius 3 is 2.29 bits per heavy atom. The Bertz CT molecular complexity index is 937. The third kappa shape index (κ3) is 4.68. The first-order chi connectivity index (χ1) is 15.1. The second-order valence-corrected chi connectivity index (χ2v) is 7.85. The van der Waals surface area contributed by atoms with Crippen LogP contribution < -0.4 is 4.90 Å². The number of esters is 1. The summed E-state index contributed by atoms with van der Waals surface area (Å²) in [5.41, 5.74) is 2.17. The number of imide groups is 1. The summed E-state index contributed by atoms with van der Waals surface area (Å²) in [6.45, 7) is 6.17. The highest BCUT2D eigenvalue weighted by Crippen LogP contribution is 2.27. The Kier molecular flexibility index (Phi) is 6.44. The predicted molar refractivity (Wildman–Crippen MR) is 117 cm³/mol. The van der Waals surface area contributed by atoms with Gasteiger partial charge in [0.15, 0.2) is 0 Å². The molecule has 0 aromatic heterocycles. The number of hydrogen-bond acceptors (Lipinski definition) is 6. The van der Waals surface area contributed by atoms with Gasteiger partial charge in [0.2, 0.25) is 5.91 Å². The Morgan fingerprint density at radius 1 is 0.968 bits per heavy atom. The highest BCUT2D eigenvalue weighted by atomic mass is 16.5. The first-order valence-electron chi connectivity index (χ1n) is 10.7. The minimum atomic E-state index is -0.420. The average Bonchev–Trinajstić information content (AvgIpc) is 3.09. The Hall–Kier alpha value is -3.03. The first-order valence-corrected chi connectivity index (χ1v) is 10.7. The zero-order chi connectivity index (χ0) is 21.8. The lowest BCUT2D eigenvalue weighted by atomic mass is 10.1. The molecule has 0 saturated carbocycles. The van der Waals surface area contributed by atoms with E-state index in [0.29, 0.717) is 17.9 Å². The molecule has 2 aromatic carbocycles. The van der Waals surface area contributed by atoms with Gasteiger partial charge in [0.05, 0.1) is 30.3 Å². The second-order valence-electron chi connectivity index (χ2n) is 7.85. The third-order valence-electron chi connectivity index (χ3n) is 5.86. The zero-order valence-corrected chi connectivity index (χ0v) is 17.7. The van der Waals surface area contributed by atoms with Crippen LogP contribution in [0.5, 0.6) is 0 Å². The Labute approximate surface area is 182 Å². The first kappa shape index (κ1) is 21.2. The van der Waals surface area contributed by atoms with Crippen LogP contribution in [0.4, 0.5) is 5.69 Å². The summed E-state index contributed by atoms with van der Waals surface area (Å²) >= 11 is 0. The van der Waals surface area contributed by atoms with E-state index in [2.05, 4.69) is 21.9 Å². The van der Waals surface area contributed by atoms with E-state index >= 15 is 0 Å². The fraction of sp³-hybridized carbons (Fsp3) is 0.375. The highest BCUT2D eigenvalue weighted by molar-refractivity contribution is 6.22. The summed E-state index contributed by atoms with van der Waals surface area (Å²) in [5, 5.41) is 0. The molecule has 2 aromatic rings. The standard InChI is InChI=1S/C24H27N3O4/c1-2-31-24(30)19-8-10-20(11-9-19)27-22(28)16-21(23(27)29)26-14-12-25(13-15-26)17-18-6-4-3-5-7-18/h3-11,21H,2,12-17H2,1H3/t21-/m0/s1. The summed E-state index contributed by atoms with van der Waals surface area (Å²) in [6.07, 6.45) is 0.192. The van der Waals surface area contributed by atoms with Gasteiger partial charge in [0.25, 0.3) is 5.91 Å². The summed E-state index contributed by atoms with van der Waals surface area (Å²) in [5.74, 6) is -0.810. The van der Waals surface area contributed by atoms with Gasteiger partial charge in [-0.25, -0.2) is 9.69 Å². The largest absolute Gasteiger partial charge is 0.462 e. The summed E-state index contributed by atoms with van der Waals surface area (Å²) in [7, 11) is 0. The summed E-state index contributed by atoms with van der Waals surface area (Å²) in [6, 6.07) is 16.4. The van der Waals surface area contributed by atoms with E-state index in [0.717, 1.165) is 32.7 Å². The van der Waals surface area contributed by atoms with Gasteiger partial charge in [-0.2, -0.15) is 0 Å². The molecular weight excluding hydrogens is 394 g/mol. The molecule has 162 valence electrons. The van der Waals surface area contributed by atoms with Crippen LogP contribution in [0.15, 0.2) is 54.6 Å². The van der Waals surface area contributed by atoms with Crippen molar-refractivity contribution in [2.75, 3.05) is 37.7 Å². The molecule has 31 heavy (non-hydrogen) atoms. The number of piperazine rings is 1. The van der Waals surface area contributed by atoms with Crippen LogP contribution in [0.2, 0.25) is 0 Å². The molecule has 4 rings (SSSR count). The quantitative estimate of drug-likeness (QED) is 0.527. The van der Waals surface area contributed by atoms with Gasteiger partial charge in [-0.15, -0.1) is 0 Å². The number of rotatable bonds is 6. The van der Waals surface area contributed by atoms with Crippen molar-refractivity contribution in [3.8, 4) is 0 Å². The lowest BCUT2D eigenvalue weighted by Crippen LogP contribution is -2.52. The Balaban J connectivity index is 1.37. The van der Waals surface area contributed by atoms with Crippen LogP contribution >= 0.6 is 0 Å². The summed E-state index contributed by atoms with van der Waals surface area (Å²) < 4.78 is 4.98. The van der Waals surface area contributed by atoms with Crippen LogP contribution in [0.3, 0.4) is 0 Å². The molecule has 0 aliphatic carbocycles. The molecule has 7 heteroatoms. The van der Waals surface area contributed by atoms with E-state index in [9.17, 15) is 14.4 Å². The van der Waals surface area contributed by atoms with Crippen LogP contribution in [-0.2, 0) is 20.9 Å². The van der Waals surface area contributed by atoms with E-state index in [1.807, 2.05) is 18.2 Å². The van der Waals surface area contributed by atoms with Crippen molar-refractivity contribution in [2.45, 2.75) is 25.9 Å². The maximum Gasteiger partial charge on any atom is 0.338 e. The van der Waals surface area contributed by atoms with E-state index in [-0.39, 0.29) is 18.2 Å². The lowest BCUT2D eigenvalue weighted by Gasteiger charge is -2.37. The maximum absolute atomic E-state index is 13.1. The molecule has 2 heterocycles. The topological polar surface area (TPSA) is 70.2 Å². The zero-order valence-electron chi connectivity index (χ0n) is 17.7. The monoisotopic (exact) mass is 421 g/mol. The second kappa shape index (κ2) is 9.41. The lowest BCUT2D eigenvalue weighted by molar-refractivity contribution is -0.123. The fourth-order valence-corrected chi connectivity index (χ4v) is 4.21. The molecule has 2 fully saturated rings. The third-order valence-corrected chi connectivity index (χ3v) is 5.86. The molecule has 2 amide bonds. The number of amides is 2. The van der Waals surface area contributed by atoms with E-state index in [4.69, 9.17) is 4.74 Å². The number of carbonyl (C=O) groups is 3. The average molecular weight is 421 g/mol. The molecule has 1 atom stereocenters. The van der Waals surface area contributed by atoms with Crippen LogP contribution in [0.25, 0.3) is 0 Å². The molecule has 2 aliphatic rings. The maximum atomic E-state index is 13.1. The van der Waals surface area contributed by atoms with Crippen molar-refractivity contribution in [3.05, 3.63) is 65.7 Å². The van der Waals surface area contributed by atoms with Crippen molar-refractivity contribution < 1.29 is 19.1 Å². The van der Waals surface area contributed by atoms with Crippen LogP contribution in [0, 0.1) is 0 Å². The van der Waals surface area contributed by atoms with E-state index in [1.54, 1.807) is 31.2 Å². The minimum absolute atomic E-state index is 0.189. The molecular formula is C24H27N3O4. The van der Waals surface area contributed by atoms with E-state index in [1.165, 1.54) is 10.5 Å². The van der Waals surface area contributed by atoms with Crippen LogP contribution in [-0.4, -0.2) is 66.4 Å². The fourth-order valence-electron chi connectivity index (χ4n) is 4.21. The van der Waals surface area contributed by atoms with Gasteiger partial charge in [0, 0.05) is 32.7 Å². The number of hydrogen-bond donors (Lipinski definition) is 0. The van der Waals surface area contributed by atoms with Crippen molar-refractivity contribution in [1.29, 1.82) is 0 Å². The number of benzene rings is 2. The van der Waals surface area contributed by atoms with Crippen molar-refractivity contribution >= 4 is 23.5 Å². The number of anilines is 1. The summed E-state index contributed by atoms with van der Waals surface area (Å²) in [4.78, 5) is 43.3. The van der Waals surface area contributed by atoms with Gasteiger partial charge >= 0.3 is 5.97 Å². The molecule has 0 unspecified atom stereocenters. The van der Waals surface area contributed by atoms with E-state index < -0.39 is 12.0 Å². The number of nitrogens with zero attached hydrogens (tertiary/aromatic N) is 3. The van der Waals surface area contributed by atoms with Gasteiger partial charge in [-0.3, -0.25) is 19.4 Å². The molecule has 0 radical (unpaired) electrons. The van der Waals surface area contributed by atoms with Gasteiger partial charge < -0.3 is 4.74 Å². The molecule has 0 N–H and O–H groups in total. The number of ether oxygens (including phenoxy) is 1. The van der Waals surface area contributed by atoms with Gasteiger partial charge in [-0.05, 0) is 36.8 Å². The van der Waals surface area contributed by atoms with Crippen molar-refractivity contribution in [2.24, 2.45) is 0 Å². The SMILES string of the molecule is CCOC(=O)c1ccc(N2C(=O)C[C@H](N3CCN(Cc4ccccc4)CC3)C2=O)cc1. The molecule has 7 nitrogen and oxygen atoms in total. The highest BCUT2D eigenvalue weighted by Gasteiger charge is 2.43. The molecule has 0 bridgehead atoms. The van der Waals surface area contributed by atoms with Crippen molar-refractivity contribution in [3.63, 3.8) is 0 Å². The van der Waals surface area contributed by atoms with Crippen LogP contribution in [0.1, 0.15) is 29.3 Å². The minimum Gasteiger partial charge on any atom is -0.462 e. The van der Waals surface area contributed by atoms with Gasteiger partial charge in [0.1, 0.15) is 0 Å². The Morgan fingerprint density at radius 2 is 1.65 bits per heavy atom.